The molecule has 30 heavy (non-hydrogen) atoms. The highest BCUT2D eigenvalue weighted by atomic mass is 19.4. The monoisotopic (exact) mass is 417 g/mol. The predicted molar refractivity (Wildman–Crippen MR) is 104 cm³/mol. The highest BCUT2D eigenvalue weighted by molar-refractivity contribution is 6.05. The van der Waals surface area contributed by atoms with E-state index in [1.807, 2.05) is 0 Å². The molecular formula is C21H18F3N3O3. The maximum absolute atomic E-state index is 13.4. The van der Waals surface area contributed by atoms with Gasteiger partial charge in [-0.05, 0) is 49.7 Å². The molecule has 0 saturated heterocycles. The van der Waals surface area contributed by atoms with Crippen LogP contribution in [0.2, 0.25) is 0 Å². The van der Waals surface area contributed by atoms with Gasteiger partial charge in [0.1, 0.15) is 0 Å². The summed E-state index contributed by atoms with van der Waals surface area (Å²) in [6.45, 7) is 3.40. The van der Waals surface area contributed by atoms with Crippen LogP contribution in [0.15, 0.2) is 48.9 Å². The summed E-state index contributed by atoms with van der Waals surface area (Å²) in [5.41, 5.74) is 0.749. The van der Waals surface area contributed by atoms with Gasteiger partial charge in [0.25, 0.3) is 5.91 Å². The van der Waals surface area contributed by atoms with Gasteiger partial charge in [0.15, 0.2) is 0 Å². The Balaban J connectivity index is 1.98. The zero-order valence-electron chi connectivity index (χ0n) is 16.4. The largest absolute Gasteiger partial charge is 0.465 e. The molecule has 156 valence electrons. The molecular weight excluding hydrogens is 399 g/mol. The third-order valence-corrected chi connectivity index (χ3v) is 4.42. The molecule has 0 aliphatic carbocycles. The van der Waals surface area contributed by atoms with E-state index in [0.717, 1.165) is 12.1 Å². The molecule has 0 spiro atoms. The van der Waals surface area contributed by atoms with Crippen molar-refractivity contribution < 1.29 is 27.5 Å². The van der Waals surface area contributed by atoms with Gasteiger partial charge in [0, 0.05) is 23.1 Å². The Labute approximate surface area is 170 Å². The van der Waals surface area contributed by atoms with Crippen LogP contribution in [0.25, 0.3) is 5.69 Å². The molecule has 3 aromatic rings. The van der Waals surface area contributed by atoms with E-state index in [1.165, 1.54) is 30.1 Å². The Morgan fingerprint density at radius 2 is 1.83 bits per heavy atom. The van der Waals surface area contributed by atoms with Crippen LogP contribution in [0.3, 0.4) is 0 Å². The number of methoxy groups -OCH3 is 1. The molecule has 1 aromatic heterocycles. The molecule has 0 aliphatic heterocycles. The highest BCUT2D eigenvalue weighted by Crippen LogP contribution is 2.32. The van der Waals surface area contributed by atoms with E-state index in [-0.39, 0.29) is 22.5 Å². The van der Waals surface area contributed by atoms with Crippen molar-refractivity contribution in [2.45, 2.75) is 20.0 Å². The van der Waals surface area contributed by atoms with Crippen molar-refractivity contribution >= 4 is 17.6 Å². The van der Waals surface area contributed by atoms with Crippen molar-refractivity contribution in [1.29, 1.82) is 0 Å². The smallest absolute Gasteiger partial charge is 0.416 e. The van der Waals surface area contributed by atoms with Gasteiger partial charge in [0.05, 0.1) is 30.3 Å². The van der Waals surface area contributed by atoms with Crippen LogP contribution in [-0.4, -0.2) is 28.5 Å². The molecule has 0 radical (unpaired) electrons. The molecule has 1 heterocycles. The van der Waals surface area contributed by atoms with Gasteiger partial charge in [-0.3, -0.25) is 4.79 Å². The van der Waals surface area contributed by atoms with Crippen molar-refractivity contribution in [3.05, 3.63) is 76.9 Å². The molecule has 0 atom stereocenters. The van der Waals surface area contributed by atoms with Crippen molar-refractivity contribution in [2.24, 2.45) is 0 Å². The van der Waals surface area contributed by atoms with Crippen molar-refractivity contribution in [2.75, 3.05) is 12.4 Å². The number of amides is 1. The number of esters is 1. The second-order valence-electron chi connectivity index (χ2n) is 6.66. The van der Waals surface area contributed by atoms with Crippen LogP contribution in [-0.2, 0) is 10.9 Å². The maximum atomic E-state index is 13.4. The van der Waals surface area contributed by atoms with E-state index >= 15 is 0 Å². The minimum atomic E-state index is -4.64. The first-order valence-corrected chi connectivity index (χ1v) is 8.82. The minimum absolute atomic E-state index is 0.148. The predicted octanol–water partition coefficient (Wildman–Crippen LogP) is 4.55. The van der Waals surface area contributed by atoms with E-state index < -0.39 is 23.6 Å². The average Bonchev–Trinajstić information content (AvgIpc) is 3.14. The number of nitrogens with one attached hydrogen (secondary N) is 1. The lowest BCUT2D eigenvalue weighted by Crippen LogP contribution is -2.16. The molecule has 6 nitrogen and oxygen atoms in total. The first-order valence-electron chi connectivity index (χ1n) is 8.82. The Morgan fingerprint density at radius 1 is 1.10 bits per heavy atom. The lowest BCUT2D eigenvalue weighted by Gasteiger charge is -2.13. The number of imidazole rings is 1. The van der Waals surface area contributed by atoms with Crippen molar-refractivity contribution in [1.82, 2.24) is 9.55 Å². The Morgan fingerprint density at radius 3 is 2.43 bits per heavy atom. The number of carbonyl (C=O) groups is 2. The second kappa shape index (κ2) is 8.02. The standard InChI is InChI=1S/C21H18F3N3O3/c1-12-4-5-16(9-18(12)20(29)30-3)26-19(28)14-6-15(21(22,23)24)8-17(7-14)27-10-13(2)25-11-27/h4-11H,1-3H3,(H,26,28). The summed E-state index contributed by atoms with van der Waals surface area (Å²) in [7, 11) is 1.23. The second-order valence-corrected chi connectivity index (χ2v) is 6.66. The van der Waals surface area contributed by atoms with Crippen molar-refractivity contribution in [3.63, 3.8) is 0 Å². The third kappa shape index (κ3) is 4.51. The quantitative estimate of drug-likeness (QED) is 0.633. The van der Waals surface area contributed by atoms with Gasteiger partial charge in [-0.1, -0.05) is 6.07 Å². The molecule has 0 fully saturated rings. The SMILES string of the molecule is COC(=O)c1cc(NC(=O)c2cc(-n3cnc(C)c3)cc(C(F)(F)F)c2)ccc1C. The number of rotatable bonds is 4. The van der Waals surface area contributed by atoms with E-state index in [0.29, 0.717) is 11.3 Å². The number of nitrogens with zero attached hydrogens (tertiary/aromatic N) is 2. The fourth-order valence-corrected chi connectivity index (χ4v) is 2.85. The number of aromatic nitrogens is 2. The molecule has 9 heteroatoms. The molecule has 0 unspecified atom stereocenters. The summed E-state index contributed by atoms with van der Waals surface area (Å²) in [6, 6.07) is 7.62. The normalized spacial score (nSPS) is 11.3. The molecule has 3 rings (SSSR count). The number of anilines is 1. The Bertz CT molecular complexity index is 1120. The molecule has 0 saturated carbocycles. The maximum Gasteiger partial charge on any atom is 0.416 e. The van der Waals surface area contributed by atoms with E-state index in [4.69, 9.17) is 4.74 Å². The zero-order chi connectivity index (χ0) is 22.1. The lowest BCUT2D eigenvalue weighted by atomic mass is 10.1. The van der Waals surface area contributed by atoms with Crippen LogP contribution < -0.4 is 5.32 Å². The van der Waals surface area contributed by atoms with Crippen LogP contribution >= 0.6 is 0 Å². The van der Waals surface area contributed by atoms with Gasteiger partial charge in [-0.25, -0.2) is 9.78 Å². The van der Waals surface area contributed by atoms with Gasteiger partial charge in [0.2, 0.25) is 0 Å². The topological polar surface area (TPSA) is 73.2 Å². The molecule has 2 aromatic carbocycles. The van der Waals surface area contributed by atoms with E-state index in [9.17, 15) is 22.8 Å². The minimum Gasteiger partial charge on any atom is -0.465 e. The summed E-state index contributed by atoms with van der Waals surface area (Å²) in [6.07, 6.45) is -1.71. The van der Waals surface area contributed by atoms with E-state index in [2.05, 4.69) is 10.3 Å². The van der Waals surface area contributed by atoms with Crippen LogP contribution in [0.1, 0.15) is 37.5 Å². The summed E-state index contributed by atoms with van der Waals surface area (Å²) >= 11 is 0. The zero-order valence-corrected chi connectivity index (χ0v) is 16.4. The van der Waals surface area contributed by atoms with Crippen LogP contribution in [0, 0.1) is 13.8 Å². The first-order chi connectivity index (χ1) is 14.1. The third-order valence-electron chi connectivity index (χ3n) is 4.42. The molecule has 0 aliphatic rings. The van der Waals surface area contributed by atoms with Gasteiger partial charge in [-0.15, -0.1) is 0 Å². The number of ether oxygens (including phenoxy) is 1. The van der Waals surface area contributed by atoms with Gasteiger partial charge < -0.3 is 14.6 Å². The number of hydrogen-bond acceptors (Lipinski definition) is 4. The van der Waals surface area contributed by atoms with Crippen LogP contribution in [0.4, 0.5) is 18.9 Å². The summed E-state index contributed by atoms with van der Waals surface area (Å²) < 4.78 is 46.2. The number of alkyl halides is 3. The number of hydrogen-bond donors (Lipinski definition) is 1. The van der Waals surface area contributed by atoms with Crippen LogP contribution in [0.5, 0.6) is 0 Å². The molecule has 1 amide bonds. The van der Waals surface area contributed by atoms with Gasteiger partial charge in [-0.2, -0.15) is 13.2 Å². The Hall–Kier alpha value is -3.62. The van der Waals surface area contributed by atoms with Gasteiger partial charge >= 0.3 is 12.1 Å². The summed E-state index contributed by atoms with van der Waals surface area (Å²) in [5.74, 6) is -1.33. The molecule has 1 N–H and O–H groups in total. The number of benzene rings is 2. The van der Waals surface area contributed by atoms with E-state index in [1.54, 1.807) is 32.2 Å². The molecule has 0 bridgehead atoms. The first kappa shape index (κ1) is 21.1. The highest BCUT2D eigenvalue weighted by Gasteiger charge is 2.32. The number of aryl methyl sites for hydroxylation is 2. The lowest BCUT2D eigenvalue weighted by molar-refractivity contribution is -0.137. The summed E-state index contributed by atoms with van der Waals surface area (Å²) in [4.78, 5) is 28.5. The fourth-order valence-electron chi connectivity index (χ4n) is 2.85. The average molecular weight is 417 g/mol. The number of carbonyl (C=O) groups excluding carboxylic acids is 2. The Kier molecular flexibility index (Phi) is 5.64. The fraction of sp³-hybridized carbons (Fsp3) is 0.190. The number of halogens is 3. The summed E-state index contributed by atoms with van der Waals surface area (Å²) in [5, 5.41) is 2.53. The van der Waals surface area contributed by atoms with Crippen molar-refractivity contribution in [3.8, 4) is 5.69 Å².